The Morgan fingerprint density at radius 3 is 2.75 bits per heavy atom. The highest BCUT2D eigenvalue weighted by Gasteiger charge is 2.23. The van der Waals surface area contributed by atoms with Gasteiger partial charge in [-0.25, -0.2) is 9.59 Å². The molecule has 0 bridgehead atoms. The molecule has 0 aliphatic carbocycles. The number of hydrogen-bond acceptors (Lipinski definition) is 6. The van der Waals surface area contributed by atoms with Crippen LogP contribution in [0.4, 0.5) is 0 Å². The van der Waals surface area contributed by atoms with E-state index in [-0.39, 0.29) is 22.6 Å². The standard InChI is InChI=1S/C13H11ClO6/c1-3-19-12(16)9-10(15)7-4-6(18-2)5-8(14)11(7)20-13(9)17/h4-5,15H,3H2,1-2H3. The molecular weight excluding hydrogens is 288 g/mol. The molecule has 2 rings (SSSR count). The Hall–Kier alpha value is -2.21. The molecule has 6 nitrogen and oxygen atoms in total. The van der Waals surface area contributed by atoms with Crippen LogP contribution in [0.5, 0.6) is 11.5 Å². The monoisotopic (exact) mass is 298 g/mol. The second kappa shape index (κ2) is 5.42. The second-order valence-electron chi connectivity index (χ2n) is 3.82. The minimum atomic E-state index is -1.01. The summed E-state index contributed by atoms with van der Waals surface area (Å²) in [5.41, 5.74) is -1.60. The van der Waals surface area contributed by atoms with Gasteiger partial charge in [-0.15, -0.1) is 0 Å². The van der Waals surface area contributed by atoms with Crippen LogP contribution in [0, 0.1) is 0 Å². The average molecular weight is 299 g/mol. The maximum Gasteiger partial charge on any atom is 0.354 e. The van der Waals surface area contributed by atoms with Crippen LogP contribution in [0.15, 0.2) is 21.3 Å². The summed E-state index contributed by atoms with van der Waals surface area (Å²) in [5.74, 6) is -1.16. The van der Waals surface area contributed by atoms with Crippen molar-refractivity contribution >= 4 is 28.5 Å². The Morgan fingerprint density at radius 2 is 2.15 bits per heavy atom. The SMILES string of the molecule is CCOC(=O)c1c(O)c2cc(OC)cc(Cl)c2oc1=O. The van der Waals surface area contributed by atoms with Crippen molar-refractivity contribution in [2.75, 3.05) is 13.7 Å². The van der Waals surface area contributed by atoms with Crippen molar-refractivity contribution in [1.82, 2.24) is 0 Å². The van der Waals surface area contributed by atoms with Gasteiger partial charge in [-0.1, -0.05) is 11.6 Å². The molecule has 0 radical (unpaired) electrons. The molecule has 0 amide bonds. The maximum atomic E-state index is 11.8. The highest BCUT2D eigenvalue weighted by molar-refractivity contribution is 6.35. The number of halogens is 1. The van der Waals surface area contributed by atoms with E-state index in [9.17, 15) is 14.7 Å². The van der Waals surface area contributed by atoms with Gasteiger partial charge in [0.1, 0.15) is 11.5 Å². The summed E-state index contributed by atoms with van der Waals surface area (Å²) in [6.45, 7) is 1.64. The summed E-state index contributed by atoms with van der Waals surface area (Å²) in [4.78, 5) is 23.4. The second-order valence-corrected chi connectivity index (χ2v) is 4.23. The molecule has 0 unspecified atom stereocenters. The number of carbonyl (C=O) groups excluding carboxylic acids is 1. The molecule has 20 heavy (non-hydrogen) atoms. The van der Waals surface area contributed by atoms with Crippen LogP contribution < -0.4 is 10.4 Å². The Bertz CT molecular complexity index is 734. The zero-order valence-corrected chi connectivity index (χ0v) is 11.5. The first-order valence-corrected chi connectivity index (χ1v) is 6.07. The summed E-state index contributed by atoms with van der Waals surface area (Å²) in [6.07, 6.45) is 0. The topological polar surface area (TPSA) is 86.0 Å². The van der Waals surface area contributed by atoms with Crippen LogP contribution in [0.1, 0.15) is 17.3 Å². The van der Waals surface area contributed by atoms with Crippen molar-refractivity contribution in [1.29, 1.82) is 0 Å². The fourth-order valence-corrected chi connectivity index (χ4v) is 1.97. The summed E-state index contributed by atoms with van der Waals surface area (Å²) >= 11 is 5.94. The molecule has 0 aliphatic heterocycles. The Morgan fingerprint density at radius 1 is 1.45 bits per heavy atom. The molecule has 1 heterocycles. The highest BCUT2D eigenvalue weighted by atomic mass is 35.5. The lowest BCUT2D eigenvalue weighted by Gasteiger charge is -2.08. The molecule has 0 atom stereocenters. The summed E-state index contributed by atoms with van der Waals surface area (Å²) < 4.78 is 14.7. The predicted octanol–water partition coefficient (Wildman–Crippen LogP) is 2.34. The van der Waals surface area contributed by atoms with E-state index in [2.05, 4.69) is 0 Å². The highest BCUT2D eigenvalue weighted by Crippen LogP contribution is 2.34. The minimum Gasteiger partial charge on any atom is -0.506 e. The zero-order valence-electron chi connectivity index (χ0n) is 10.7. The normalized spacial score (nSPS) is 10.6. The van der Waals surface area contributed by atoms with Crippen molar-refractivity contribution in [3.63, 3.8) is 0 Å². The summed E-state index contributed by atoms with van der Waals surface area (Å²) in [7, 11) is 1.42. The van der Waals surface area contributed by atoms with Crippen LogP contribution in [0.3, 0.4) is 0 Å². The molecule has 1 N–H and O–H groups in total. The van der Waals surface area contributed by atoms with E-state index >= 15 is 0 Å². The molecule has 0 spiro atoms. The molecule has 7 heteroatoms. The molecule has 0 saturated carbocycles. The molecule has 106 valence electrons. The smallest absolute Gasteiger partial charge is 0.354 e. The Balaban J connectivity index is 2.80. The minimum absolute atomic E-state index is 0.0250. The first-order valence-electron chi connectivity index (χ1n) is 5.70. The predicted molar refractivity (Wildman–Crippen MR) is 71.7 cm³/mol. The van der Waals surface area contributed by atoms with E-state index in [1.54, 1.807) is 6.92 Å². The first kappa shape index (κ1) is 14.2. The molecule has 1 aromatic heterocycles. The lowest BCUT2D eigenvalue weighted by atomic mass is 10.1. The van der Waals surface area contributed by atoms with Crippen LogP contribution >= 0.6 is 11.6 Å². The van der Waals surface area contributed by atoms with Gasteiger partial charge in [0.2, 0.25) is 0 Å². The van der Waals surface area contributed by atoms with Crippen LogP contribution in [-0.2, 0) is 4.74 Å². The van der Waals surface area contributed by atoms with Gasteiger partial charge in [0.25, 0.3) is 0 Å². The van der Waals surface area contributed by atoms with Crippen molar-refractivity contribution in [2.24, 2.45) is 0 Å². The van der Waals surface area contributed by atoms with Crippen molar-refractivity contribution in [2.45, 2.75) is 6.92 Å². The van der Waals surface area contributed by atoms with Gasteiger partial charge in [-0.3, -0.25) is 0 Å². The third-order valence-electron chi connectivity index (χ3n) is 2.62. The van der Waals surface area contributed by atoms with E-state index in [1.165, 1.54) is 19.2 Å². The van der Waals surface area contributed by atoms with E-state index in [0.29, 0.717) is 5.75 Å². The number of aromatic hydroxyl groups is 1. The maximum absolute atomic E-state index is 11.8. The molecule has 1 aromatic carbocycles. The van der Waals surface area contributed by atoms with Gasteiger partial charge < -0.3 is 19.0 Å². The molecule has 2 aromatic rings. The summed E-state index contributed by atoms with van der Waals surface area (Å²) in [6, 6.07) is 2.83. The van der Waals surface area contributed by atoms with Gasteiger partial charge in [-0.05, 0) is 13.0 Å². The van der Waals surface area contributed by atoms with Gasteiger partial charge >= 0.3 is 11.6 Å². The van der Waals surface area contributed by atoms with Crippen LogP contribution in [0.2, 0.25) is 5.02 Å². The number of benzene rings is 1. The lowest BCUT2D eigenvalue weighted by Crippen LogP contribution is -2.17. The molecule has 0 aliphatic rings. The van der Waals surface area contributed by atoms with E-state index in [4.69, 9.17) is 25.5 Å². The summed E-state index contributed by atoms with van der Waals surface area (Å²) in [5, 5.41) is 10.3. The van der Waals surface area contributed by atoms with Crippen LogP contribution in [0.25, 0.3) is 11.0 Å². The van der Waals surface area contributed by atoms with E-state index in [0.717, 1.165) is 0 Å². The van der Waals surface area contributed by atoms with Gasteiger partial charge in [0.15, 0.2) is 11.1 Å². The number of hydrogen-bond donors (Lipinski definition) is 1. The third kappa shape index (κ3) is 2.30. The van der Waals surface area contributed by atoms with Gasteiger partial charge in [-0.2, -0.15) is 0 Å². The third-order valence-corrected chi connectivity index (χ3v) is 2.90. The molecule has 0 saturated heterocycles. The molecular formula is C13H11ClO6. The number of methoxy groups -OCH3 is 1. The van der Waals surface area contributed by atoms with Gasteiger partial charge in [0, 0.05) is 6.07 Å². The zero-order chi connectivity index (χ0) is 14.9. The van der Waals surface area contributed by atoms with E-state index in [1.807, 2.05) is 0 Å². The van der Waals surface area contributed by atoms with Crippen LogP contribution in [-0.4, -0.2) is 24.8 Å². The fraction of sp³-hybridized carbons (Fsp3) is 0.231. The van der Waals surface area contributed by atoms with Crippen molar-refractivity contribution < 1.29 is 23.8 Å². The van der Waals surface area contributed by atoms with Gasteiger partial charge in [0.05, 0.1) is 24.1 Å². The molecule has 0 fully saturated rings. The quantitative estimate of drug-likeness (QED) is 0.691. The number of carbonyl (C=O) groups is 1. The van der Waals surface area contributed by atoms with Crippen molar-refractivity contribution in [3.8, 4) is 11.5 Å². The van der Waals surface area contributed by atoms with Crippen molar-refractivity contribution in [3.05, 3.63) is 33.1 Å². The number of esters is 1. The average Bonchev–Trinajstić information content (AvgIpc) is 2.40. The number of ether oxygens (including phenoxy) is 2. The number of rotatable bonds is 3. The number of fused-ring (bicyclic) bond motifs is 1. The van der Waals surface area contributed by atoms with E-state index < -0.39 is 22.9 Å². The fourth-order valence-electron chi connectivity index (χ4n) is 1.72. The lowest BCUT2D eigenvalue weighted by molar-refractivity contribution is 0.0518. The first-order chi connectivity index (χ1) is 9.49. The Kier molecular flexibility index (Phi) is 3.85. The largest absolute Gasteiger partial charge is 0.506 e. The Labute approximate surface area is 118 Å².